The summed E-state index contributed by atoms with van der Waals surface area (Å²) < 4.78 is 0. The number of nitrogens with one attached hydrogen (secondary N) is 9. The first kappa shape index (κ1) is 39.1. The highest BCUT2D eigenvalue weighted by Crippen LogP contribution is 1.92. The molecule has 0 aliphatic heterocycles. The molecule has 23 heteroatoms. The summed E-state index contributed by atoms with van der Waals surface area (Å²) in [4.78, 5) is 127. The van der Waals surface area contributed by atoms with Gasteiger partial charge in [-0.05, 0) is 0 Å². The predicted molar refractivity (Wildman–Crippen MR) is 147 cm³/mol. The van der Waals surface area contributed by atoms with E-state index in [1.165, 1.54) is 0 Å². The fourth-order valence-electron chi connectivity index (χ4n) is 2.64. The first-order valence-electron chi connectivity index (χ1n) is 12.8. The summed E-state index contributed by atoms with van der Waals surface area (Å²) in [5.41, 5.74) is 10.1. The third-order valence-corrected chi connectivity index (χ3v) is 4.78. The largest absolute Gasteiger partial charge is 0.480 e. The molecule has 0 aromatic carbocycles. The summed E-state index contributed by atoms with van der Waals surface area (Å²) in [5, 5.41) is 27.6. The summed E-state index contributed by atoms with van der Waals surface area (Å²) in [7, 11) is 0. The average Bonchev–Trinajstić information content (AvgIpc) is 2.99. The Kier molecular flexibility index (Phi) is 18.9. The number of carbonyl (C=O) groups excluding carboxylic acids is 10. The third kappa shape index (κ3) is 21.5. The molecule has 0 spiro atoms. The van der Waals surface area contributed by atoms with Crippen molar-refractivity contribution in [2.45, 2.75) is 12.5 Å². The van der Waals surface area contributed by atoms with E-state index in [4.69, 9.17) is 16.6 Å². The van der Waals surface area contributed by atoms with E-state index >= 15 is 0 Å². The van der Waals surface area contributed by atoms with Gasteiger partial charge in [0.2, 0.25) is 59.1 Å². The smallest absolute Gasteiger partial charge is 0.322 e. The van der Waals surface area contributed by atoms with Gasteiger partial charge in [0, 0.05) is 0 Å². The van der Waals surface area contributed by atoms with E-state index in [9.17, 15) is 52.7 Å². The Labute approximate surface area is 254 Å². The van der Waals surface area contributed by atoms with Crippen molar-refractivity contribution in [1.29, 1.82) is 0 Å². The lowest BCUT2D eigenvalue weighted by Crippen LogP contribution is -2.53. The van der Waals surface area contributed by atoms with Crippen LogP contribution in [0.1, 0.15) is 6.42 Å². The monoisotopic (exact) mass is 645 g/mol. The lowest BCUT2D eigenvalue weighted by Gasteiger charge is -2.17. The van der Waals surface area contributed by atoms with E-state index in [-0.39, 0.29) is 6.54 Å². The zero-order valence-electron chi connectivity index (χ0n) is 23.7. The zero-order chi connectivity index (χ0) is 34.4. The number of carbonyl (C=O) groups is 11. The number of carboxylic acid groups (broad SMARTS) is 1. The maximum Gasteiger partial charge on any atom is 0.322 e. The molecule has 0 bridgehead atoms. The van der Waals surface area contributed by atoms with Gasteiger partial charge >= 0.3 is 5.97 Å². The number of nitrogens with two attached hydrogens (primary N) is 2. The molecule has 14 N–H and O–H groups in total. The van der Waals surface area contributed by atoms with E-state index in [0.717, 1.165) is 0 Å². The molecule has 0 saturated heterocycles. The van der Waals surface area contributed by atoms with E-state index < -0.39 is 130 Å². The first-order valence-corrected chi connectivity index (χ1v) is 12.8. The Bertz CT molecular complexity index is 1160. The third-order valence-electron chi connectivity index (χ3n) is 4.78. The van der Waals surface area contributed by atoms with E-state index in [0.29, 0.717) is 0 Å². The second kappa shape index (κ2) is 21.8. The Hall–Kier alpha value is -5.87. The summed E-state index contributed by atoms with van der Waals surface area (Å²) in [6.45, 7) is -5.05. The van der Waals surface area contributed by atoms with Crippen molar-refractivity contribution in [2.24, 2.45) is 11.5 Å². The molecule has 0 aliphatic rings. The molecule has 0 aromatic heterocycles. The van der Waals surface area contributed by atoms with Crippen molar-refractivity contribution >= 4 is 65.0 Å². The normalized spacial score (nSPS) is 10.5. The molecule has 23 nitrogen and oxygen atoms in total. The van der Waals surface area contributed by atoms with Gasteiger partial charge in [-0.3, -0.25) is 52.7 Å². The van der Waals surface area contributed by atoms with Crippen LogP contribution < -0.4 is 59.3 Å². The van der Waals surface area contributed by atoms with Crippen molar-refractivity contribution in [3.05, 3.63) is 0 Å². The van der Waals surface area contributed by atoms with Crippen molar-refractivity contribution in [1.82, 2.24) is 47.9 Å². The number of amides is 10. The fourth-order valence-corrected chi connectivity index (χ4v) is 2.64. The molecule has 0 aliphatic carbocycles. The van der Waals surface area contributed by atoms with Gasteiger partial charge < -0.3 is 64.4 Å². The molecule has 45 heavy (non-hydrogen) atoms. The van der Waals surface area contributed by atoms with Gasteiger partial charge in [0.25, 0.3) is 0 Å². The molecule has 0 saturated carbocycles. The Morgan fingerprint density at radius 3 is 1.11 bits per heavy atom. The number of rotatable bonds is 21. The van der Waals surface area contributed by atoms with Gasteiger partial charge in [0.1, 0.15) is 12.6 Å². The Morgan fingerprint density at radius 1 is 0.467 bits per heavy atom. The van der Waals surface area contributed by atoms with Crippen LogP contribution >= 0.6 is 0 Å². The van der Waals surface area contributed by atoms with Crippen LogP contribution in [0.5, 0.6) is 0 Å². The highest BCUT2D eigenvalue weighted by atomic mass is 16.4. The molecule has 0 heterocycles. The van der Waals surface area contributed by atoms with Crippen molar-refractivity contribution in [3.63, 3.8) is 0 Å². The molecular formula is C22H35N11O12. The molecule has 250 valence electrons. The molecule has 0 unspecified atom stereocenters. The lowest BCUT2D eigenvalue weighted by atomic mass is 10.2. The molecule has 0 rings (SSSR count). The van der Waals surface area contributed by atoms with Crippen LogP contribution in [0.25, 0.3) is 0 Å². The van der Waals surface area contributed by atoms with Gasteiger partial charge in [0.15, 0.2) is 0 Å². The van der Waals surface area contributed by atoms with E-state index in [1.807, 2.05) is 5.32 Å². The summed E-state index contributed by atoms with van der Waals surface area (Å²) in [5.74, 6) is -9.57. The number of hydrogen-bond donors (Lipinski definition) is 12. The van der Waals surface area contributed by atoms with Crippen LogP contribution in [0.3, 0.4) is 0 Å². The highest BCUT2D eigenvalue weighted by Gasteiger charge is 2.23. The Morgan fingerprint density at radius 2 is 0.778 bits per heavy atom. The molecule has 0 fully saturated rings. The minimum absolute atomic E-state index is 0.320. The molecule has 0 radical (unpaired) electrons. The van der Waals surface area contributed by atoms with Crippen LogP contribution in [-0.4, -0.2) is 135 Å². The number of aliphatic carboxylic acids is 1. The number of carboxylic acids is 1. The maximum atomic E-state index is 12.3. The van der Waals surface area contributed by atoms with Crippen LogP contribution in [0.15, 0.2) is 0 Å². The zero-order valence-corrected chi connectivity index (χ0v) is 23.7. The standard InChI is InChI=1S/C22H35N11O12/c23-2-13(35)25-3-14(36)26-4-15(37)27-5-16(38)28-6-17(39)30-9-20(42)33-11(1-12(24)34)22(45)32-8-19(41)29-7-18(40)31-10-21(43)44/h11H,1-10,23H2,(H2,24,34)(H,25,35)(H,26,36)(H,27,37)(H,28,38)(H,29,41)(H,30,39)(H,31,40)(H,32,45)(H,33,42)(H,43,44)/t11-/m0/s1. The van der Waals surface area contributed by atoms with Crippen LogP contribution in [0, 0.1) is 0 Å². The quantitative estimate of drug-likeness (QED) is 0.0552. The predicted octanol–water partition coefficient (Wildman–Crippen LogP) is -9.68. The second-order valence-corrected chi connectivity index (χ2v) is 8.54. The van der Waals surface area contributed by atoms with Crippen LogP contribution in [0.4, 0.5) is 0 Å². The second-order valence-electron chi connectivity index (χ2n) is 8.54. The van der Waals surface area contributed by atoms with Crippen molar-refractivity contribution in [3.8, 4) is 0 Å². The first-order chi connectivity index (χ1) is 21.1. The van der Waals surface area contributed by atoms with Gasteiger partial charge in [-0.25, -0.2) is 0 Å². The summed E-state index contributed by atoms with van der Waals surface area (Å²) in [6, 6.07) is -1.55. The van der Waals surface area contributed by atoms with E-state index in [2.05, 4.69) is 42.5 Å². The van der Waals surface area contributed by atoms with Crippen LogP contribution in [0.2, 0.25) is 0 Å². The van der Waals surface area contributed by atoms with Gasteiger partial charge in [0.05, 0.1) is 58.8 Å². The topological polar surface area (TPSA) is 368 Å². The van der Waals surface area contributed by atoms with Crippen molar-refractivity contribution in [2.75, 3.05) is 58.9 Å². The SMILES string of the molecule is NCC(=O)NCC(=O)NCC(=O)NCC(=O)NCC(=O)NCC(=O)N[C@@H](CC(N)=O)C(=O)NCC(=O)NCC(=O)NCC(=O)O. The lowest BCUT2D eigenvalue weighted by molar-refractivity contribution is -0.138. The summed E-state index contributed by atoms with van der Waals surface area (Å²) in [6.07, 6.45) is -0.680. The van der Waals surface area contributed by atoms with Gasteiger partial charge in [-0.1, -0.05) is 0 Å². The Balaban J connectivity index is 4.42. The van der Waals surface area contributed by atoms with Gasteiger partial charge in [-0.2, -0.15) is 0 Å². The number of hydrogen-bond acceptors (Lipinski definition) is 12. The fraction of sp³-hybridized carbons (Fsp3) is 0.500. The van der Waals surface area contributed by atoms with E-state index in [1.54, 1.807) is 0 Å². The van der Waals surface area contributed by atoms with Crippen LogP contribution in [-0.2, 0) is 52.7 Å². The summed E-state index contributed by atoms with van der Waals surface area (Å²) >= 11 is 0. The van der Waals surface area contributed by atoms with Crippen molar-refractivity contribution < 1.29 is 57.8 Å². The number of primary amides is 1. The minimum Gasteiger partial charge on any atom is -0.480 e. The van der Waals surface area contributed by atoms with Gasteiger partial charge in [-0.15, -0.1) is 0 Å². The molecule has 10 amide bonds. The average molecular weight is 646 g/mol. The molecular weight excluding hydrogens is 610 g/mol. The highest BCUT2D eigenvalue weighted by molar-refractivity contribution is 5.96. The molecule has 1 atom stereocenters. The maximum absolute atomic E-state index is 12.3. The molecule has 0 aromatic rings. The minimum atomic E-state index is -1.55.